The molecular formula is C17H33NO2S. The monoisotopic (exact) mass is 315 g/mol. The van der Waals surface area contributed by atoms with E-state index in [9.17, 15) is 8.42 Å². The molecule has 3 unspecified atom stereocenters. The van der Waals surface area contributed by atoms with E-state index in [4.69, 9.17) is 5.73 Å². The normalized spacial score (nSPS) is 33.0. The van der Waals surface area contributed by atoms with E-state index < -0.39 is 9.84 Å². The van der Waals surface area contributed by atoms with Crippen molar-refractivity contribution in [3.05, 3.63) is 0 Å². The van der Waals surface area contributed by atoms with Gasteiger partial charge in [0.25, 0.3) is 0 Å². The average molecular weight is 316 g/mol. The van der Waals surface area contributed by atoms with Gasteiger partial charge in [-0.25, -0.2) is 8.42 Å². The molecule has 0 radical (unpaired) electrons. The molecule has 0 aromatic carbocycles. The largest absolute Gasteiger partial charge is 0.330 e. The SMILES string of the molecule is CC(C)(C)C1CCC(CN)C(S(=O)(=O)C2CCCCC2)C1. The highest BCUT2D eigenvalue weighted by Crippen LogP contribution is 2.43. The van der Waals surface area contributed by atoms with Crippen molar-refractivity contribution in [2.24, 2.45) is 23.0 Å². The Labute approximate surface area is 131 Å². The number of hydrogen-bond acceptors (Lipinski definition) is 3. The molecule has 4 heteroatoms. The van der Waals surface area contributed by atoms with Gasteiger partial charge in [-0.2, -0.15) is 0 Å². The summed E-state index contributed by atoms with van der Waals surface area (Å²) in [4.78, 5) is 0. The molecule has 0 aromatic heterocycles. The molecule has 0 amide bonds. The minimum absolute atomic E-state index is 0.0935. The molecule has 2 rings (SSSR count). The first kappa shape index (κ1) is 17.3. The predicted molar refractivity (Wildman–Crippen MR) is 88.9 cm³/mol. The summed E-state index contributed by atoms with van der Waals surface area (Å²) in [6, 6.07) is 0. The van der Waals surface area contributed by atoms with Crippen LogP contribution in [0, 0.1) is 17.3 Å². The lowest BCUT2D eigenvalue weighted by atomic mass is 9.69. The van der Waals surface area contributed by atoms with Crippen molar-refractivity contribution in [2.75, 3.05) is 6.54 Å². The molecule has 0 spiro atoms. The first-order valence-electron chi connectivity index (χ1n) is 8.69. The van der Waals surface area contributed by atoms with Crippen molar-refractivity contribution in [1.82, 2.24) is 0 Å². The van der Waals surface area contributed by atoms with Crippen molar-refractivity contribution < 1.29 is 8.42 Å². The van der Waals surface area contributed by atoms with Crippen LogP contribution in [0.3, 0.4) is 0 Å². The molecule has 21 heavy (non-hydrogen) atoms. The zero-order valence-electron chi connectivity index (χ0n) is 14.0. The fraction of sp³-hybridized carbons (Fsp3) is 1.00. The van der Waals surface area contributed by atoms with E-state index in [0.29, 0.717) is 12.5 Å². The molecule has 0 aliphatic heterocycles. The van der Waals surface area contributed by atoms with E-state index in [1.54, 1.807) is 0 Å². The zero-order chi connectivity index (χ0) is 15.7. The van der Waals surface area contributed by atoms with E-state index >= 15 is 0 Å². The fourth-order valence-electron chi connectivity index (χ4n) is 4.29. The maximum Gasteiger partial charge on any atom is 0.156 e. The smallest absolute Gasteiger partial charge is 0.156 e. The van der Waals surface area contributed by atoms with Crippen molar-refractivity contribution in [3.8, 4) is 0 Å². The summed E-state index contributed by atoms with van der Waals surface area (Å²) in [5.74, 6) is 0.680. The number of nitrogens with two attached hydrogens (primary N) is 1. The lowest BCUT2D eigenvalue weighted by Gasteiger charge is -2.42. The third-order valence-corrected chi connectivity index (χ3v) is 8.72. The summed E-state index contributed by atoms with van der Waals surface area (Å²) in [5, 5.41) is -0.285. The molecule has 0 saturated heterocycles. The fourth-order valence-corrected chi connectivity index (χ4v) is 7.06. The third-order valence-electron chi connectivity index (χ3n) is 5.89. The van der Waals surface area contributed by atoms with Gasteiger partial charge in [0.05, 0.1) is 10.5 Å². The number of hydrogen-bond donors (Lipinski definition) is 1. The van der Waals surface area contributed by atoms with Crippen molar-refractivity contribution in [3.63, 3.8) is 0 Å². The van der Waals surface area contributed by atoms with Crippen molar-refractivity contribution >= 4 is 9.84 Å². The lowest BCUT2D eigenvalue weighted by molar-refractivity contribution is 0.154. The van der Waals surface area contributed by atoms with E-state index in [1.165, 1.54) is 6.42 Å². The van der Waals surface area contributed by atoms with E-state index in [-0.39, 0.29) is 21.8 Å². The van der Waals surface area contributed by atoms with Gasteiger partial charge in [0.1, 0.15) is 0 Å². The molecule has 124 valence electrons. The molecule has 3 atom stereocenters. The Balaban J connectivity index is 2.19. The standard InChI is InChI=1S/C17H33NO2S/c1-17(2,3)14-10-9-13(12-18)16(11-14)21(19,20)15-7-5-4-6-8-15/h13-16H,4-12,18H2,1-3H3. The Bertz CT molecular complexity index is 432. The zero-order valence-corrected chi connectivity index (χ0v) is 14.8. The maximum atomic E-state index is 13.1. The van der Waals surface area contributed by atoms with E-state index in [2.05, 4.69) is 20.8 Å². The quantitative estimate of drug-likeness (QED) is 0.866. The van der Waals surface area contributed by atoms with Gasteiger partial charge in [-0.05, 0) is 55.9 Å². The minimum Gasteiger partial charge on any atom is -0.330 e. The molecule has 2 aliphatic carbocycles. The van der Waals surface area contributed by atoms with Gasteiger partial charge in [-0.1, -0.05) is 40.0 Å². The summed E-state index contributed by atoms with van der Waals surface area (Å²) in [6.45, 7) is 7.24. The topological polar surface area (TPSA) is 60.2 Å². The van der Waals surface area contributed by atoms with Crippen LogP contribution in [0.1, 0.15) is 72.1 Å². The Morgan fingerprint density at radius 1 is 1.00 bits per heavy atom. The molecule has 2 N–H and O–H groups in total. The average Bonchev–Trinajstić information content (AvgIpc) is 2.46. The van der Waals surface area contributed by atoms with Gasteiger partial charge in [-0.15, -0.1) is 0 Å². The summed E-state index contributed by atoms with van der Waals surface area (Å²) >= 11 is 0. The van der Waals surface area contributed by atoms with Crippen molar-refractivity contribution in [1.29, 1.82) is 0 Å². The molecule has 3 nitrogen and oxygen atoms in total. The maximum absolute atomic E-state index is 13.1. The molecule has 0 bridgehead atoms. The van der Waals surface area contributed by atoms with Crippen LogP contribution in [0.5, 0.6) is 0 Å². The Hall–Kier alpha value is -0.0900. The second-order valence-corrected chi connectivity index (χ2v) is 10.7. The van der Waals surface area contributed by atoms with Gasteiger partial charge in [0.2, 0.25) is 0 Å². The molecule has 0 heterocycles. The summed E-state index contributed by atoms with van der Waals surface area (Å²) in [6.07, 6.45) is 8.02. The minimum atomic E-state index is -3.02. The second kappa shape index (κ2) is 6.57. The highest BCUT2D eigenvalue weighted by atomic mass is 32.2. The van der Waals surface area contributed by atoms with Gasteiger partial charge in [0.15, 0.2) is 9.84 Å². The lowest BCUT2D eigenvalue weighted by Crippen LogP contribution is -2.46. The van der Waals surface area contributed by atoms with Crippen LogP contribution in [-0.4, -0.2) is 25.5 Å². The second-order valence-electron chi connectivity index (χ2n) is 8.26. The highest BCUT2D eigenvalue weighted by Gasteiger charge is 2.44. The van der Waals surface area contributed by atoms with E-state index in [0.717, 1.165) is 44.9 Å². The van der Waals surface area contributed by atoms with Crippen molar-refractivity contribution in [2.45, 2.75) is 82.6 Å². The Morgan fingerprint density at radius 2 is 1.62 bits per heavy atom. The van der Waals surface area contributed by atoms with Gasteiger partial charge >= 0.3 is 0 Å². The third kappa shape index (κ3) is 3.82. The highest BCUT2D eigenvalue weighted by molar-refractivity contribution is 7.92. The van der Waals surface area contributed by atoms with Crippen LogP contribution < -0.4 is 5.73 Å². The molecule has 2 fully saturated rings. The molecule has 0 aromatic rings. The summed E-state index contributed by atoms with van der Waals surface area (Å²) in [5.41, 5.74) is 6.10. The van der Waals surface area contributed by atoms with Gasteiger partial charge < -0.3 is 5.73 Å². The molecule has 2 aliphatic rings. The summed E-state index contributed by atoms with van der Waals surface area (Å²) < 4.78 is 26.3. The first-order valence-corrected chi connectivity index (χ1v) is 10.3. The Kier molecular flexibility index (Phi) is 5.40. The van der Waals surface area contributed by atoms with Gasteiger partial charge in [0, 0.05) is 0 Å². The van der Waals surface area contributed by atoms with Gasteiger partial charge in [-0.3, -0.25) is 0 Å². The Morgan fingerprint density at radius 3 is 2.14 bits per heavy atom. The number of rotatable bonds is 3. The van der Waals surface area contributed by atoms with E-state index in [1.807, 2.05) is 0 Å². The summed E-state index contributed by atoms with van der Waals surface area (Å²) in [7, 11) is -3.02. The molecule has 2 saturated carbocycles. The van der Waals surface area contributed by atoms with Crippen LogP contribution in [0.25, 0.3) is 0 Å². The van der Waals surface area contributed by atoms with Crippen LogP contribution in [0.2, 0.25) is 0 Å². The van der Waals surface area contributed by atoms with Crippen LogP contribution in [-0.2, 0) is 9.84 Å². The molecular weight excluding hydrogens is 282 g/mol. The first-order chi connectivity index (χ1) is 9.76. The predicted octanol–water partition coefficient (Wildman–Crippen LogP) is 3.52. The van der Waals surface area contributed by atoms with Crippen LogP contribution in [0.15, 0.2) is 0 Å². The van der Waals surface area contributed by atoms with Crippen LogP contribution >= 0.6 is 0 Å². The number of sulfone groups is 1. The van der Waals surface area contributed by atoms with Crippen LogP contribution in [0.4, 0.5) is 0 Å².